The first kappa shape index (κ1) is 13.0. The molecule has 2 aromatic rings. The zero-order valence-corrected chi connectivity index (χ0v) is 11.9. The average Bonchev–Trinajstić information content (AvgIpc) is 2.37. The van der Waals surface area contributed by atoms with E-state index in [0.29, 0.717) is 6.42 Å². The molecule has 0 saturated carbocycles. The molecule has 0 aliphatic rings. The topological polar surface area (TPSA) is 17.1 Å². The molecule has 0 bridgehead atoms. The summed E-state index contributed by atoms with van der Waals surface area (Å²) in [7, 11) is 0. The maximum atomic E-state index is 12.0. The molecule has 1 nitrogen and oxygen atoms in total. The van der Waals surface area contributed by atoms with Crippen molar-refractivity contribution < 1.29 is 4.79 Å². The third-order valence-corrected chi connectivity index (χ3v) is 3.42. The predicted octanol–water partition coefficient (Wildman–Crippen LogP) is 4.57. The van der Waals surface area contributed by atoms with E-state index >= 15 is 0 Å². The lowest BCUT2D eigenvalue weighted by atomic mass is 10.0. The van der Waals surface area contributed by atoms with E-state index in [2.05, 4.69) is 41.1 Å². The Balaban J connectivity index is 1.98. The Morgan fingerprint density at radius 3 is 2.50 bits per heavy atom. The SMILES string of the molecule is Cc1cccc(CCC(=O)c2ccc(Br)cc2)c1. The number of benzene rings is 2. The van der Waals surface area contributed by atoms with E-state index in [1.54, 1.807) is 0 Å². The molecule has 2 rings (SSSR count). The summed E-state index contributed by atoms with van der Waals surface area (Å²) < 4.78 is 0.998. The van der Waals surface area contributed by atoms with Gasteiger partial charge in [-0.15, -0.1) is 0 Å². The van der Waals surface area contributed by atoms with Crippen molar-refractivity contribution in [1.82, 2.24) is 0 Å². The van der Waals surface area contributed by atoms with Crippen LogP contribution in [0, 0.1) is 6.92 Å². The summed E-state index contributed by atoms with van der Waals surface area (Å²) >= 11 is 3.37. The van der Waals surface area contributed by atoms with Crippen molar-refractivity contribution in [2.45, 2.75) is 19.8 Å². The van der Waals surface area contributed by atoms with Crippen LogP contribution in [0.3, 0.4) is 0 Å². The van der Waals surface area contributed by atoms with Crippen molar-refractivity contribution in [1.29, 1.82) is 0 Å². The number of carbonyl (C=O) groups excluding carboxylic acids is 1. The highest BCUT2D eigenvalue weighted by molar-refractivity contribution is 9.10. The van der Waals surface area contributed by atoms with Crippen molar-refractivity contribution in [3.63, 3.8) is 0 Å². The van der Waals surface area contributed by atoms with Gasteiger partial charge in [-0.2, -0.15) is 0 Å². The zero-order chi connectivity index (χ0) is 13.0. The molecule has 0 fully saturated rings. The zero-order valence-electron chi connectivity index (χ0n) is 10.3. The number of hydrogen-bond acceptors (Lipinski definition) is 1. The molecular weight excluding hydrogens is 288 g/mol. The van der Waals surface area contributed by atoms with E-state index in [1.807, 2.05) is 30.3 Å². The summed E-state index contributed by atoms with van der Waals surface area (Å²) in [4.78, 5) is 12.0. The average molecular weight is 303 g/mol. The normalized spacial score (nSPS) is 10.3. The lowest BCUT2D eigenvalue weighted by Gasteiger charge is -2.03. The number of hydrogen-bond donors (Lipinski definition) is 0. The van der Waals surface area contributed by atoms with Gasteiger partial charge in [-0.05, 0) is 31.0 Å². The second-order valence-corrected chi connectivity index (χ2v) is 5.33. The minimum absolute atomic E-state index is 0.198. The van der Waals surface area contributed by atoms with E-state index in [1.165, 1.54) is 11.1 Å². The minimum Gasteiger partial charge on any atom is -0.294 e. The first-order chi connectivity index (χ1) is 8.65. The quantitative estimate of drug-likeness (QED) is 0.756. The number of rotatable bonds is 4. The highest BCUT2D eigenvalue weighted by atomic mass is 79.9. The van der Waals surface area contributed by atoms with Gasteiger partial charge < -0.3 is 0 Å². The van der Waals surface area contributed by atoms with E-state index in [-0.39, 0.29) is 5.78 Å². The van der Waals surface area contributed by atoms with Gasteiger partial charge in [0.05, 0.1) is 0 Å². The number of halogens is 1. The lowest BCUT2D eigenvalue weighted by Crippen LogP contribution is -2.01. The van der Waals surface area contributed by atoms with Crippen LogP contribution in [-0.4, -0.2) is 5.78 Å². The highest BCUT2D eigenvalue weighted by Crippen LogP contribution is 2.13. The Morgan fingerprint density at radius 1 is 1.11 bits per heavy atom. The van der Waals surface area contributed by atoms with Crippen molar-refractivity contribution in [3.05, 3.63) is 69.7 Å². The van der Waals surface area contributed by atoms with Gasteiger partial charge in [-0.1, -0.05) is 57.9 Å². The van der Waals surface area contributed by atoms with Crippen molar-refractivity contribution in [3.8, 4) is 0 Å². The monoisotopic (exact) mass is 302 g/mol. The van der Waals surface area contributed by atoms with Gasteiger partial charge in [0.25, 0.3) is 0 Å². The van der Waals surface area contributed by atoms with E-state index in [0.717, 1.165) is 16.5 Å². The molecule has 0 heterocycles. The third kappa shape index (κ3) is 3.54. The number of ketones is 1. The van der Waals surface area contributed by atoms with Gasteiger partial charge in [0.15, 0.2) is 5.78 Å². The van der Waals surface area contributed by atoms with E-state index in [9.17, 15) is 4.79 Å². The molecule has 0 aliphatic heterocycles. The molecule has 2 heteroatoms. The molecular formula is C16H15BrO. The van der Waals surface area contributed by atoms with Crippen molar-refractivity contribution in [2.24, 2.45) is 0 Å². The Hall–Kier alpha value is -1.41. The summed E-state index contributed by atoms with van der Waals surface area (Å²) in [6, 6.07) is 15.8. The lowest BCUT2D eigenvalue weighted by molar-refractivity contribution is 0.0983. The molecule has 0 unspecified atom stereocenters. The molecule has 0 N–H and O–H groups in total. The van der Waals surface area contributed by atoms with E-state index in [4.69, 9.17) is 0 Å². The molecule has 0 spiro atoms. The highest BCUT2D eigenvalue weighted by Gasteiger charge is 2.05. The van der Waals surface area contributed by atoms with Gasteiger partial charge >= 0.3 is 0 Å². The molecule has 0 saturated heterocycles. The Morgan fingerprint density at radius 2 is 1.83 bits per heavy atom. The van der Waals surface area contributed by atoms with Crippen LogP contribution in [0.1, 0.15) is 27.9 Å². The van der Waals surface area contributed by atoms with Gasteiger partial charge in [-0.25, -0.2) is 0 Å². The van der Waals surface area contributed by atoms with Crippen LogP contribution in [0.5, 0.6) is 0 Å². The fourth-order valence-corrected chi connectivity index (χ4v) is 2.17. The molecule has 0 radical (unpaired) electrons. The van der Waals surface area contributed by atoms with E-state index < -0.39 is 0 Å². The Labute approximate surface area is 116 Å². The predicted molar refractivity (Wildman–Crippen MR) is 78.0 cm³/mol. The summed E-state index contributed by atoms with van der Waals surface area (Å²) in [5.74, 6) is 0.198. The molecule has 18 heavy (non-hydrogen) atoms. The second-order valence-electron chi connectivity index (χ2n) is 4.42. The van der Waals surface area contributed by atoms with Gasteiger partial charge in [0.1, 0.15) is 0 Å². The smallest absolute Gasteiger partial charge is 0.163 e. The molecule has 0 aromatic heterocycles. The van der Waals surface area contributed by atoms with Crippen LogP contribution in [0.2, 0.25) is 0 Å². The maximum absolute atomic E-state index is 12.0. The summed E-state index contributed by atoms with van der Waals surface area (Å²) in [6.07, 6.45) is 1.36. The fraction of sp³-hybridized carbons (Fsp3) is 0.188. The van der Waals surface area contributed by atoms with Gasteiger partial charge in [-0.3, -0.25) is 4.79 Å². The van der Waals surface area contributed by atoms with Crippen LogP contribution in [0.4, 0.5) is 0 Å². The summed E-state index contributed by atoms with van der Waals surface area (Å²) in [6.45, 7) is 2.07. The fourth-order valence-electron chi connectivity index (χ4n) is 1.91. The largest absolute Gasteiger partial charge is 0.294 e. The first-order valence-corrected chi connectivity index (χ1v) is 6.79. The molecule has 92 valence electrons. The number of aryl methyl sites for hydroxylation is 2. The maximum Gasteiger partial charge on any atom is 0.163 e. The van der Waals surface area contributed by atoms with Gasteiger partial charge in [0.2, 0.25) is 0 Å². The van der Waals surface area contributed by atoms with Crippen LogP contribution in [0.25, 0.3) is 0 Å². The van der Waals surface area contributed by atoms with Crippen molar-refractivity contribution in [2.75, 3.05) is 0 Å². The molecule has 0 aliphatic carbocycles. The van der Waals surface area contributed by atoms with Crippen LogP contribution >= 0.6 is 15.9 Å². The number of Topliss-reactive ketones (excluding diaryl/α,β-unsaturated/α-hetero) is 1. The first-order valence-electron chi connectivity index (χ1n) is 5.99. The summed E-state index contributed by atoms with van der Waals surface area (Å²) in [5, 5.41) is 0. The molecule has 0 atom stereocenters. The van der Waals surface area contributed by atoms with Crippen LogP contribution < -0.4 is 0 Å². The van der Waals surface area contributed by atoms with Crippen LogP contribution in [-0.2, 0) is 6.42 Å². The van der Waals surface area contributed by atoms with Crippen LogP contribution in [0.15, 0.2) is 53.0 Å². The molecule has 0 amide bonds. The third-order valence-electron chi connectivity index (χ3n) is 2.89. The van der Waals surface area contributed by atoms with Crippen molar-refractivity contribution >= 4 is 21.7 Å². The second kappa shape index (κ2) is 5.96. The summed E-state index contributed by atoms with van der Waals surface area (Å²) in [5.41, 5.74) is 3.25. The van der Waals surface area contributed by atoms with Gasteiger partial charge in [0, 0.05) is 16.5 Å². The standard InChI is InChI=1S/C16H15BrO/c1-12-3-2-4-13(11-12)5-10-16(18)14-6-8-15(17)9-7-14/h2-4,6-9,11H,5,10H2,1H3. The Kier molecular flexibility index (Phi) is 4.32. The Bertz CT molecular complexity index is 543. The minimum atomic E-state index is 0.198. The number of carbonyl (C=O) groups is 1. The molecule has 2 aromatic carbocycles.